The number of carbonyl (C=O) groups excluding carboxylic acids is 2. The van der Waals surface area contributed by atoms with E-state index < -0.39 is 0 Å². The molecule has 5 nitrogen and oxygen atoms in total. The molecule has 0 heterocycles. The van der Waals surface area contributed by atoms with Crippen molar-refractivity contribution in [2.75, 3.05) is 11.9 Å². The smallest absolute Gasteiger partial charge is 0.315 e. The van der Waals surface area contributed by atoms with Crippen molar-refractivity contribution < 1.29 is 9.59 Å². The molecule has 1 aromatic rings. The Hall–Kier alpha value is -1.56. The minimum absolute atomic E-state index is 0.0376. The molecule has 1 saturated carbocycles. The van der Waals surface area contributed by atoms with Crippen LogP contribution in [0.3, 0.4) is 0 Å². The Kier molecular flexibility index (Phi) is 4.42. The first-order chi connectivity index (χ1) is 9.04. The number of hydrogen-bond donors (Lipinski definition) is 3. The molecule has 0 aliphatic heterocycles. The number of benzene rings is 1. The van der Waals surface area contributed by atoms with Gasteiger partial charge in [-0.3, -0.25) is 4.79 Å². The van der Waals surface area contributed by atoms with Gasteiger partial charge in [0.15, 0.2) is 0 Å². The zero-order chi connectivity index (χ0) is 13.8. The van der Waals surface area contributed by atoms with Crippen molar-refractivity contribution in [3.8, 4) is 0 Å². The van der Waals surface area contributed by atoms with Gasteiger partial charge in [0.2, 0.25) is 5.91 Å². The topological polar surface area (TPSA) is 70.2 Å². The van der Waals surface area contributed by atoms with E-state index in [1.54, 1.807) is 0 Å². The molecule has 3 amide bonds. The molecule has 1 aliphatic rings. The highest BCUT2D eigenvalue weighted by Gasteiger charge is 2.23. The van der Waals surface area contributed by atoms with Crippen molar-refractivity contribution in [1.29, 1.82) is 0 Å². The zero-order valence-electron chi connectivity index (χ0n) is 10.6. The van der Waals surface area contributed by atoms with Crippen LogP contribution < -0.4 is 16.0 Å². The molecule has 0 spiro atoms. The molecule has 0 radical (unpaired) electrons. The minimum Gasteiger partial charge on any atom is -0.335 e. The largest absolute Gasteiger partial charge is 0.335 e. The van der Waals surface area contributed by atoms with E-state index >= 15 is 0 Å². The molecule has 0 bridgehead atoms. The Labute approximate surface area is 120 Å². The lowest BCUT2D eigenvalue weighted by molar-refractivity contribution is -0.115. The van der Waals surface area contributed by atoms with Gasteiger partial charge in [-0.05, 0) is 37.5 Å². The SMILES string of the molecule is Cc1ccc(NC(=O)CNC(=O)NC2CC2)cc1Br. The Bertz CT molecular complexity index is 501. The molecule has 1 aliphatic carbocycles. The van der Waals surface area contributed by atoms with Gasteiger partial charge in [0.05, 0.1) is 6.54 Å². The first kappa shape index (κ1) is 13.9. The fourth-order valence-corrected chi connectivity index (χ4v) is 1.88. The lowest BCUT2D eigenvalue weighted by atomic mass is 10.2. The summed E-state index contributed by atoms with van der Waals surface area (Å²) in [4.78, 5) is 23.0. The highest BCUT2D eigenvalue weighted by molar-refractivity contribution is 9.10. The Morgan fingerprint density at radius 2 is 2.11 bits per heavy atom. The van der Waals surface area contributed by atoms with Crippen LogP contribution >= 0.6 is 15.9 Å². The lowest BCUT2D eigenvalue weighted by Crippen LogP contribution is -2.40. The highest BCUT2D eigenvalue weighted by Crippen LogP contribution is 2.20. The second-order valence-electron chi connectivity index (χ2n) is 4.61. The number of hydrogen-bond acceptors (Lipinski definition) is 2. The van der Waals surface area contributed by atoms with Gasteiger partial charge >= 0.3 is 6.03 Å². The van der Waals surface area contributed by atoms with Crippen molar-refractivity contribution in [2.24, 2.45) is 0 Å². The average molecular weight is 326 g/mol. The van der Waals surface area contributed by atoms with E-state index in [9.17, 15) is 9.59 Å². The van der Waals surface area contributed by atoms with Crippen LogP contribution in [0, 0.1) is 6.92 Å². The summed E-state index contributed by atoms with van der Waals surface area (Å²) in [6.45, 7) is 1.93. The maximum Gasteiger partial charge on any atom is 0.315 e. The molecule has 0 aromatic heterocycles. The number of amides is 3. The van der Waals surface area contributed by atoms with E-state index in [0.717, 1.165) is 22.9 Å². The summed E-state index contributed by atoms with van der Waals surface area (Å²) in [7, 11) is 0. The third kappa shape index (κ3) is 4.55. The Balaban J connectivity index is 1.76. The molecule has 0 saturated heterocycles. The standard InChI is InChI=1S/C13H16BrN3O2/c1-8-2-3-10(6-11(8)14)16-12(18)7-15-13(19)17-9-4-5-9/h2-3,6,9H,4-5,7H2,1H3,(H,16,18)(H2,15,17,19). The van der Waals surface area contributed by atoms with Gasteiger partial charge in [-0.25, -0.2) is 4.79 Å². The van der Waals surface area contributed by atoms with Crippen LogP contribution in [-0.2, 0) is 4.79 Å². The van der Waals surface area contributed by atoms with Crippen LogP contribution in [0.4, 0.5) is 10.5 Å². The van der Waals surface area contributed by atoms with Gasteiger partial charge in [-0.15, -0.1) is 0 Å². The fourth-order valence-electron chi connectivity index (χ4n) is 1.50. The predicted octanol–water partition coefficient (Wildman–Crippen LogP) is 2.16. The van der Waals surface area contributed by atoms with Crippen LogP contribution in [0.15, 0.2) is 22.7 Å². The Morgan fingerprint density at radius 3 is 2.74 bits per heavy atom. The number of halogens is 1. The first-order valence-electron chi connectivity index (χ1n) is 6.15. The van der Waals surface area contributed by atoms with E-state index in [4.69, 9.17) is 0 Å². The third-order valence-electron chi connectivity index (χ3n) is 2.78. The van der Waals surface area contributed by atoms with Crippen LogP contribution in [0.2, 0.25) is 0 Å². The first-order valence-corrected chi connectivity index (χ1v) is 6.94. The summed E-state index contributed by atoms with van der Waals surface area (Å²) < 4.78 is 0.935. The molecule has 1 aromatic carbocycles. The van der Waals surface area contributed by atoms with Crippen molar-refractivity contribution >= 4 is 33.6 Å². The van der Waals surface area contributed by atoms with Crippen LogP contribution in [0.5, 0.6) is 0 Å². The van der Waals surface area contributed by atoms with E-state index in [2.05, 4.69) is 31.9 Å². The van der Waals surface area contributed by atoms with Gasteiger partial charge in [-0.1, -0.05) is 22.0 Å². The number of carbonyl (C=O) groups is 2. The maximum absolute atomic E-state index is 11.6. The minimum atomic E-state index is -0.289. The van der Waals surface area contributed by atoms with Gasteiger partial charge in [-0.2, -0.15) is 0 Å². The van der Waals surface area contributed by atoms with Crippen molar-refractivity contribution in [3.63, 3.8) is 0 Å². The van der Waals surface area contributed by atoms with E-state index in [0.29, 0.717) is 5.69 Å². The summed E-state index contributed by atoms with van der Waals surface area (Å²) in [5.74, 6) is -0.248. The molecule has 1 fully saturated rings. The predicted molar refractivity (Wildman–Crippen MR) is 77.1 cm³/mol. The summed E-state index contributed by atoms with van der Waals surface area (Å²) >= 11 is 3.40. The quantitative estimate of drug-likeness (QED) is 0.793. The van der Waals surface area contributed by atoms with Gasteiger partial charge < -0.3 is 16.0 Å². The summed E-state index contributed by atoms with van der Waals surface area (Å²) in [5.41, 5.74) is 1.80. The third-order valence-corrected chi connectivity index (χ3v) is 3.63. The maximum atomic E-state index is 11.6. The normalized spacial score (nSPS) is 13.8. The summed E-state index contributed by atoms with van der Waals surface area (Å²) in [6.07, 6.45) is 2.05. The van der Waals surface area contributed by atoms with Crippen molar-refractivity contribution in [3.05, 3.63) is 28.2 Å². The van der Waals surface area contributed by atoms with Gasteiger partial charge in [0, 0.05) is 16.2 Å². The average Bonchev–Trinajstić information content (AvgIpc) is 3.15. The molecule has 0 atom stereocenters. The monoisotopic (exact) mass is 325 g/mol. The van der Waals surface area contributed by atoms with Crippen molar-refractivity contribution in [2.45, 2.75) is 25.8 Å². The molecule has 2 rings (SSSR count). The second kappa shape index (κ2) is 6.06. The lowest BCUT2D eigenvalue weighted by Gasteiger charge is -2.08. The number of urea groups is 1. The second-order valence-corrected chi connectivity index (χ2v) is 5.47. The Morgan fingerprint density at radius 1 is 1.37 bits per heavy atom. The van der Waals surface area contributed by atoms with Gasteiger partial charge in [0.1, 0.15) is 0 Å². The highest BCUT2D eigenvalue weighted by atomic mass is 79.9. The fraction of sp³-hybridized carbons (Fsp3) is 0.385. The summed E-state index contributed by atoms with van der Waals surface area (Å²) in [6, 6.07) is 5.56. The number of aryl methyl sites for hydroxylation is 1. The van der Waals surface area contributed by atoms with Crippen LogP contribution in [0.1, 0.15) is 18.4 Å². The van der Waals surface area contributed by atoms with Crippen LogP contribution in [-0.4, -0.2) is 24.5 Å². The molecule has 0 unspecified atom stereocenters. The molecule has 3 N–H and O–H groups in total. The number of nitrogens with one attached hydrogen (secondary N) is 3. The number of anilines is 1. The van der Waals surface area contributed by atoms with Gasteiger partial charge in [0.25, 0.3) is 0 Å². The molecule has 19 heavy (non-hydrogen) atoms. The van der Waals surface area contributed by atoms with Crippen LogP contribution in [0.25, 0.3) is 0 Å². The number of rotatable bonds is 4. The van der Waals surface area contributed by atoms with E-state index in [-0.39, 0.29) is 24.5 Å². The zero-order valence-corrected chi connectivity index (χ0v) is 12.2. The van der Waals surface area contributed by atoms with E-state index in [1.807, 2.05) is 25.1 Å². The summed E-state index contributed by atoms with van der Waals surface area (Å²) in [5, 5.41) is 8.00. The molecular weight excluding hydrogens is 310 g/mol. The molecule has 102 valence electrons. The molecule has 6 heteroatoms. The molecular formula is C13H16BrN3O2. The van der Waals surface area contributed by atoms with E-state index in [1.165, 1.54) is 0 Å². The van der Waals surface area contributed by atoms with Crippen molar-refractivity contribution in [1.82, 2.24) is 10.6 Å².